The van der Waals surface area contributed by atoms with E-state index in [9.17, 15) is 14.4 Å². The molecule has 8 saturated carbocycles. The predicted molar refractivity (Wildman–Crippen MR) is 167 cm³/mol. The number of nitrogens with one attached hydrogen (secondary N) is 3. The number of amides is 1. The van der Waals surface area contributed by atoms with Gasteiger partial charge in [0.1, 0.15) is 5.78 Å². The second kappa shape index (κ2) is 9.30. The molecular weight excluding hydrogens is 534 g/mol. The van der Waals surface area contributed by atoms with E-state index in [4.69, 9.17) is 0 Å². The number of rotatable bonds is 7. The van der Waals surface area contributed by atoms with Gasteiger partial charge in [-0.3, -0.25) is 14.4 Å². The van der Waals surface area contributed by atoms with Gasteiger partial charge in [-0.25, -0.2) is 0 Å². The van der Waals surface area contributed by atoms with E-state index in [0.29, 0.717) is 18.2 Å². The van der Waals surface area contributed by atoms with E-state index < -0.39 is 0 Å². The van der Waals surface area contributed by atoms with Crippen LogP contribution in [0.3, 0.4) is 0 Å². The molecule has 11 rings (SSSR count). The van der Waals surface area contributed by atoms with Gasteiger partial charge in [-0.2, -0.15) is 0 Å². The topological polar surface area (TPSA) is 91.1 Å². The molecule has 1 amide bonds. The van der Waals surface area contributed by atoms with Gasteiger partial charge in [-0.05, 0) is 130 Å². The first kappa shape index (κ1) is 26.0. The van der Waals surface area contributed by atoms with Crippen LogP contribution < -0.4 is 10.6 Å². The minimum atomic E-state index is -0.282. The van der Waals surface area contributed by atoms with Gasteiger partial charge in [-0.15, -0.1) is 0 Å². The SMILES string of the molecule is O=C1C2CC3CC1CC(C(=O)CNc1ccc(-c4cc5ccc(NC(=O)C67CC8CC(CC(C8)C6)C7)cc5[nH]4)cc1)(C3)C2. The fourth-order valence-corrected chi connectivity index (χ4v) is 11.2. The number of hydrogen-bond donors (Lipinski definition) is 3. The third-order valence-electron chi connectivity index (χ3n) is 12.6. The van der Waals surface area contributed by atoms with Crippen molar-refractivity contribution in [1.82, 2.24) is 4.98 Å². The number of aromatic nitrogens is 1. The smallest absolute Gasteiger partial charge is 0.230 e. The first-order valence-electron chi connectivity index (χ1n) is 16.7. The number of anilines is 2. The van der Waals surface area contributed by atoms with Crippen molar-refractivity contribution in [1.29, 1.82) is 0 Å². The van der Waals surface area contributed by atoms with Crippen molar-refractivity contribution in [2.45, 2.75) is 70.6 Å². The fourth-order valence-electron chi connectivity index (χ4n) is 11.2. The van der Waals surface area contributed by atoms with Crippen LogP contribution in [0.1, 0.15) is 70.6 Å². The van der Waals surface area contributed by atoms with Crippen LogP contribution in [-0.2, 0) is 14.4 Å². The van der Waals surface area contributed by atoms with Gasteiger partial charge >= 0.3 is 0 Å². The highest BCUT2D eigenvalue weighted by molar-refractivity contribution is 5.98. The molecule has 8 aliphatic rings. The number of carbonyl (C=O) groups is 3. The summed E-state index contributed by atoms with van der Waals surface area (Å²) in [5, 5.41) is 7.79. The highest BCUT2D eigenvalue weighted by Gasteiger charge is 2.58. The van der Waals surface area contributed by atoms with Crippen molar-refractivity contribution < 1.29 is 14.4 Å². The third-order valence-corrected chi connectivity index (χ3v) is 12.6. The van der Waals surface area contributed by atoms with Gasteiger partial charge in [0.2, 0.25) is 5.91 Å². The average molecular weight is 576 g/mol. The molecule has 43 heavy (non-hydrogen) atoms. The van der Waals surface area contributed by atoms with Gasteiger partial charge in [-0.1, -0.05) is 18.2 Å². The molecule has 222 valence electrons. The van der Waals surface area contributed by atoms with E-state index in [1.165, 1.54) is 19.3 Å². The minimum absolute atomic E-state index is 0.125. The van der Waals surface area contributed by atoms with Gasteiger partial charge in [0.15, 0.2) is 5.78 Å². The molecule has 2 aromatic carbocycles. The Bertz CT molecular complexity index is 1600. The maximum atomic E-state index is 13.6. The van der Waals surface area contributed by atoms with Gasteiger partial charge in [0.05, 0.1) is 12.0 Å². The molecule has 8 bridgehead atoms. The van der Waals surface area contributed by atoms with Gasteiger partial charge in [0.25, 0.3) is 0 Å². The third kappa shape index (κ3) is 4.22. The molecule has 6 heteroatoms. The lowest BCUT2D eigenvalue weighted by atomic mass is 9.48. The Hall–Kier alpha value is -3.41. The van der Waals surface area contributed by atoms with Crippen molar-refractivity contribution in [3.8, 4) is 11.3 Å². The second-order valence-corrected chi connectivity index (χ2v) is 15.5. The molecule has 0 saturated heterocycles. The molecule has 2 unspecified atom stereocenters. The summed E-state index contributed by atoms with van der Waals surface area (Å²) in [6.07, 6.45) is 11.7. The van der Waals surface area contributed by atoms with Crippen LogP contribution in [-0.4, -0.2) is 29.0 Å². The Morgan fingerprint density at radius 1 is 0.721 bits per heavy atom. The lowest BCUT2D eigenvalue weighted by Gasteiger charge is -2.55. The number of aromatic amines is 1. The summed E-state index contributed by atoms with van der Waals surface area (Å²) in [6.45, 7) is 0.323. The first-order chi connectivity index (χ1) is 20.8. The second-order valence-electron chi connectivity index (χ2n) is 15.5. The van der Waals surface area contributed by atoms with Crippen LogP contribution in [0.25, 0.3) is 22.2 Å². The largest absolute Gasteiger partial charge is 0.378 e. The molecule has 6 nitrogen and oxygen atoms in total. The number of carbonyl (C=O) groups excluding carboxylic acids is 3. The standard InChI is InChI=1S/C37H41N3O3/c41-33(36-14-24-10-27(18-36)34(42)28(11-24)19-36)20-38-29-4-1-25(2-5-29)31-12-26-3-6-30(13-32(26)40-31)39-35(43)37-15-21-7-22(16-37)9-23(8-21)17-37/h1-6,12-13,21-24,27-28,38,40H,7-11,14-20H2,(H,39,43). The zero-order valence-corrected chi connectivity index (χ0v) is 24.8. The molecule has 0 spiro atoms. The Balaban J connectivity index is 0.861. The molecule has 3 N–H and O–H groups in total. The Labute approximate surface area is 252 Å². The number of fused-ring (bicyclic) bond motifs is 1. The molecule has 2 atom stereocenters. The summed E-state index contributed by atoms with van der Waals surface area (Å²) in [5.41, 5.74) is 4.49. The van der Waals surface area contributed by atoms with Crippen LogP contribution >= 0.6 is 0 Å². The Morgan fingerprint density at radius 2 is 1.33 bits per heavy atom. The highest BCUT2D eigenvalue weighted by atomic mass is 16.2. The fraction of sp³-hybridized carbons (Fsp3) is 0.541. The minimum Gasteiger partial charge on any atom is -0.378 e. The summed E-state index contributed by atoms with van der Waals surface area (Å²) in [5.74, 6) is 4.01. The van der Waals surface area contributed by atoms with Crippen molar-refractivity contribution >= 4 is 39.8 Å². The van der Waals surface area contributed by atoms with Gasteiger partial charge < -0.3 is 15.6 Å². The molecule has 1 heterocycles. The maximum absolute atomic E-state index is 13.6. The number of H-pyrrole nitrogens is 1. The lowest BCUT2D eigenvalue weighted by molar-refractivity contribution is -0.155. The normalized spacial score (nSPS) is 36.8. The maximum Gasteiger partial charge on any atom is 0.230 e. The van der Waals surface area contributed by atoms with Crippen molar-refractivity contribution in [2.24, 2.45) is 46.3 Å². The van der Waals surface area contributed by atoms with Crippen molar-refractivity contribution in [3.05, 3.63) is 48.5 Å². The van der Waals surface area contributed by atoms with Crippen LogP contribution in [0, 0.1) is 46.3 Å². The van der Waals surface area contributed by atoms with Gasteiger partial charge in [0, 0.05) is 45.2 Å². The average Bonchev–Trinajstić information content (AvgIpc) is 3.41. The predicted octanol–water partition coefficient (Wildman–Crippen LogP) is 7.37. The molecule has 8 aliphatic carbocycles. The summed E-state index contributed by atoms with van der Waals surface area (Å²) in [7, 11) is 0. The van der Waals surface area contributed by atoms with Crippen molar-refractivity contribution in [3.63, 3.8) is 0 Å². The van der Waals surface area contributed by atoms with Crippen LogP contribution in [0.2, 0.25) is 0 Å². The van der Waals surface area contributed by atoms with E-state index in [1.807, 2.05) is 18.2 Å². The molecule has 0 aliphatic heterocycles. The summed E-state index contributed by atoms with van der Waals surface area (Å²) in [4.78, 5) is 43.1. The molecule has 8 fully saturated rings. The number of Topliss-reactive ketones (excluding diaryl/α,β-unsaturated/α-hetero) is 2. The highest BCUT2D eigenvalue weighted by Crippen LogP contribution is 2.61. The quantitative estimate of drug-likeness (QED) is 0.274. The van der Waals surface area contributed by atoms with Crippen LogP contribution in [0.15, 0.2) is 48.5 Å². The monoisotopic (exact) mass is 575 g/mol. The molecular formula is C37H41N3O3. The number of ketones is 2. The summed E-state index contributed by atoms with van der Waals surface area (Å²) in [6, 6.07) is 16.6. The van der Waals surface area contributed by atoms with E-state index >= 15 is 0 Å². The summed E-state index contributed by atoms with van der Waals surface area (Å²) >= 11 is 0. The molecule has 1 aromatic heterocycles. The Morgan fingerprint density at radius 3 is 2.00 bits per heavy atom. The van der Waals surface area contributed by atoms with E-state index in [2.05, 4.69) is 45.9 Å². The molecule has 0 radical (unpaired) electrons. The zero-order valence-electron chi connectivity index (χ0n) is 24.8. The zero-order chi connectivity index (χ0) is 28.9. The van der Waals surface area contributed by atoms with Crippen molar-refractivity contribution in [2.75, 3.05) is 17.2 Å². The van der Waals surface area contributed by atoms with Crippen LogP contribution in [0.5, 0.6) is 0 Å². The summed E-state index contributed by atoms with van der Waals surface area (Å²) < 4.78 is 0. The van der Waals surface area contributed by atoms with E-state index in [1.54, 1.807) is 0 Å². The van der Waals surface area contributed by atoms with Crippen LogP contribution in [0.4, 0.5) is 11.4 Å². The molecule has 3 aromatic rings. The lowest BCUT2D eigenvalue weighted by Crippen LogP contribution is -2.55. The Kier molecular flexibility index (Phi) is 5.63. The number of hydrogen-bond acceptors (Lipinski definition) is 4. The van der Waals surface area contributed by atoms with E-state index in [0.717, 1.165) is 103 Å². The van der Waals surface area contributed by atoms with E-state index in [-0.39, 0.29) is 34.4 Å². The first-order valence-corrected chi connectivity index (χ1v) is 16.7. The number of benzene rings is 2.